The molecule has 1 atom stereocenters. The number of thiazole rings is 1. The van der Waals surface area contributed by atoms with Gasteiger partial charge >= 0.3 is 0 Å². The van der Waals surface area contributed by atoms with Gasteiger partial charge < -0.3 is 5.73 Å². The number of aromatic nitrogens is 1. The van der Waals surface area contributed by atoms with Crippen LogP contribution >= 0.6 is 27.3 Å². The third-order valence-corrected chi connectivity index (χ3v) is 4.91. The number of rotatable bonds is 4. The summed E-state index contributed by atoms with van der Waals surface area (Å²) in [6.07, 6.45) is 1.91. The van der Waals surface area contributed by atoms with Crippen LogP contribution in [0.2, 0.25) is 0 Å². The summed E-state index contributed by atoms with van der Waals surface area (Å²) >= 11 is 5.18. The molecule has 3 rings (SSSR count). The second kappa shape index (κ2) is 6.04. The van der Waals surface area contributed by atoms with Gasteiger partial charge in [0.1, 0.15) is 5.01 Å². The summed E-state index contributed by atoms with van der Waals surface area (Å²) in [5, 5.41) is 1.02. The fourth-order valence-corrected chi connectivity index (χ4v) is 3.72. The van der Waals surface area contributed by atoms with Crippen LogP contribution in [0.1, 0.15) is 23.0 Å². The van der Waals surface area contributed by atoms with Gasteiger partial charge in [0.15, 0.2) is 0 Å². The van der Waals surface area contributed by atoms with Gasteiger partial charge in [-0.1, -0.05) is 46.3 Å². The predicted molar refractivity (Wildman–Crippen MR) is 89.0 cm³/mol. The van der Waals surface area contributed by atoms with Gasteiger partial charge in [0.2, 0.25) is 0 Å². The van der Waals surface area contributed by atoms with Crippen LogP contribution in [0.25, 0.3) is 10.2 Å². The zero-order valence-electron chi connectivity index (χ0n) is 10.9. The molecule has 2 N–H and O–H groups in total. The number of hydrogen-bond acceptors (Lipinski definition) is 3. The van der Waals surface area contributed by atoms with Gasteiger partial charge in [-0.15, -0.1) is 11.3 Å². The monoisotopic (exact) mass is 346 g/mol. The average molecular weight is 347 g/mol. The average Bonchev–Trinajstić information content (AvgIpc) is 2.89. The molecular formula is C16H15BrN2S. The Hall–Kier alpha value is -1.23. The zero-order chi connectivity index (χ0) is 13.9. The minimum absolute atomic E-state index is 0.00591. The van der Waals surface area contributed by atoms with Gasteiger partial charge in [0, 0.05) is 4.47 Å². The largest absolute Gasteiger partial charge is 0.322 e. The van der Waals surface area contributed by atoms with Crippen molar-refractivity contribution in [3.8, 4) is 0 Å². The fraction of sp³-hybridized carbons (Fsp3) is 0.188. The van der Waals surface area contributed by atoms with Crippen molar-refractivity contribution in [2.45, 2.75) is 18.9 Å². The van der Waals surface area contributed by atoms with Crippen LogP contribution < -0.4 is 5.73 Å². The van der Waals surface area contributed by atoms with Crippen LogP contribution in [-0.2, 0) is 6.42 Å². The van der Waals surface area contributed by atoms with Crippen molar-refractivity contribution in [3.63, 3.8) is 0 Å². The number of fused-ring (bicyclic) bond motifs is 1. The molecule has 0 amide bonds. The Morgan fingerprint density at radius 2 is 1.95 bits per heavy atom. The Morgan fingerprint density at radius 3 is 2.75 bits per heavy atom. The summed E-state index contributed by atoms with van der Waals surface area (Å²) in [5.41, 5.74) is 8.64. The van der Waals surface area contributed by atoms with E-state index in [1.807, 2.05) is 18.2 Å². The summed E-state index contributed by atoms with van der Waals surface area (Å²) in [5.74, 6) is 0. The van der Waals surface area contributed by atoms with E-state index in [0.29, 0.717) is 0 Å². The summed E-state index contributed by atoms with van der Waals surface area (Å²) in [6, 6.07) is 16.6. The second-order valence-corrected chi connectivity index (χ2v) is 6.77. The van der Waals surface area contributed by atoms with Crippen LogP contribution in [0.3, 0.4) is 0 Å². The molecule has 0 aliphatic rings. The minimum Gasteiger partial charge on any atom is -0.322 e. The molecule has 102 valence electrons. The van der Waals surface area contributed by atoms with E-state index in [9.17, 15) is 0 Å². The lowest BCUT2D eigenvalue weighted by Gasteiger charge is -2.07. The van der Waals surface area contributed by atoms with E-state index in [1.54, 1.807) is 11.3 Å². The smallest absolute Gasteiger partial charge is 0.111 e. The standard InChI is InChI=1S/C16H15BrN2S/c17-12-7-9-14-15(10-12)20-16(19-14)13(18)8-6-11-4-2-1-3-5-11/h1-5,7,9-10,13H,6,8,18H2. The molecule has 0 aliphatic carbocycles. The molecule has 0 aliphatic heterocycles. The molecule has 4 heteroatoms. The number of halogens is 1. The Bertz CT molecular complexity index is 709. The maximum absolute atomic E-state index is 6.28. The van der Waals surface area contributed by atoms with E-state index in [-0.39, 0.29) is 6.04 Å². The van der Waals surface area contributed by atoms with Crippen molar-refractivity contribution in [2.24, 2.45) is 5.73 Å². The van der Waals surface area contributed by atoms with Crippen molar-refractivity contribution in [3.05, 3.63) is 63.6 Å². The summed E-state index contributed by atoms with van der Waals surface area (Å²) in [6.45, 7) is 0. The van der Waals surface area contributed by atoms with Gasteiger partial charge in [-0.05, 0) is 36.6 Å². The molecule has 1 unspecified atom stereocenters. The Kier molecular flexibility index (Phi) is 4.15. The van der Waals surface area contributed by atoms with Gasteiger partial charge in [0.25, 0.3) is 0 Å². The third-order valence-electron chi connectivity index (χ3n) is 3.27. The van der Waals surface area contributed by atoms with Gasteiger partial charge in [-0.25, -0.2) is 4.98 Å². The number of hydrogen-bond donors (Lipinski definition) is 1. The Balaban J connectivity index is 1.73. The molecular weight excluding hydrogens is 332 g/mol. The highest BCUT2D eigenvalue weighted by Crippen LogP contribution is 2.29. The van der Waals surface area contributed by atoms with Crippen molar-refractivity contribution >= 4 is 37.5 Å². The van der Waals surface area contributed by atoms with Crippen LogP contribution in [-0.4, -0.2) is 4.98 Å². The number of nitrogens with zero attached hydrogens (tertiary/aromatic N) is 1. The third kappa shape index (κ3) is 3.08. The first-order valence-electron chi connectivity index (χ1n) is 6.58. The highest BCUT2D eigenvalue weighted by Gasteiger charge is 2.12. The molecule has 1 heterocycles. The first-order valence-corrected chi connectivity index (χ1v) is 8.19. The zero-order valence-corrected chi connectivity index (χ0v) is 13.3. The van der Waals surface area contributed by atoms with Gasteiger partial charge in [0.05, 0.1) is 16.3 Å². The molecule has 0 saturated heterocycles. The maximum atomic E-state index is 6.28. The Labute approximate surface area is 130 Å². The molecule has 0 radical (unpaired) electrons. The van der Waals surface area contributed by atoms with E-state index in [1.165, 1.54) is 10.3 Å². The second-order valence-electron chi connectivity index (χ2n) is 4.79. The summed E-state index contributed by atoms with van der Waals surface area (Å²) in [7, 11) is 0. The molecule has 3 aromatic rings. The molecule has 0 spiro atoms. The number of benzene rings is 2. The molecule has 2 aromatic carbocycles. The van der Waals surface area contributed by atoms with Crippen LogP contribution in [0.5, 0.6) is 0 Å². The quantitative estimate of drug-likeness (QED) is 0.744. The Morgan fingerprint density at radius 1 is 1.15 bits per heavy atom. The molecule has 0 saturated carbocycles. The molecule has 0 bridgehead atoms. The lowest BCUT2D eigenvalue weighted by Crippen LogP contribution is -2.10. The van der Waals surface area contributed by atoms with Crippen molar-refractivity contribution in [1.29, 1.82) is 0 Å². The topological polar surface area (TPSA) is 38.9 Å². The predicted octanol–water partition coefficient (Wildman–Crippen LogP) is 4.69. The van der Waals surface area contributed by atoms with E-state index in [2.05, 4.69) is 51.2 Å². The highest BCUT2D eigenvalue weighted by molar-refractivity contribution is 9.10. The normalized spacial score (nSPS) is 12.7. The number of nitrogens with two attached hydrogens (primary N) is 1. The van der Waals surface area contributed by atoms with Crippen LogP contribution in [0.15, 0.2) is 53.0 Å². The highest BCUT2D eigenvalue weighted by atomic mass is 79.9. The molecule has 0 fully saturated rings. The number of aryl methyl sites for hydroxylation is 1. The first kappa shape index (κ1) is 13.7. The van der Waals surface area contributed by atoms with Gasteiger partial charge in [-0.2, -0.15) is 0 Å². The molecule has 2 nitrogen and oxygen atoms in total. The van der Waals surface area contributed by atoms with Crippen molar-refractivity contribution in [2.75, 3.05) is 0 Å². The SMILES string of the molecule is NC(CCc1ccccc1)c1nc2ccc(Br)cc2s1. The van der Waals surface area contributed by atoms with E-state index in [4.69, 9.17) is 5.73 Å². The van der Waals surface area contributed by atoms with E-state index < -0.39 is 0 Å². The van der Waals surface area contributed by atoms with Gasteiger partial charge in [-0.3, -0.25) is 0 Å². The first-order chi connectivity index (χ1) is 9.72. The van der Waals surface area contributed by atoms with Crippen LogP contribution in [0, 0.1) is 0 Å². The maximum Gasteiger partial charge on any atom is 0.111 e. The van der Waals surface area contributed by atoms with Crippen molar-refractivity contribution < 1.29 is 0 Å². The van der Waals surface area contributed by atoms with E-state index >= 15 is 0 Å². The van der Waals surface area contributed by atoms with Crippen LogP contribution in [0.4, 0.5) is 0 Å². The molecule has 1 aromatic heterocycles. The fourth-order valence-electron chi connectivity index (χ4n) is 2.17. The molecule has 20 heavy (non-hydrogen) atoms. The van der Waals surface area contributed by atoms with Crippen molar-refractivity contribution in [1.82, 2.24) is 4.98 Å². The van der Waals surface area contributed by atoms with E-state index in [0.717, 1.165) is 27.8 Å². The summed E-state index contributed by atoms with van der Waals surface area (Å²) in [4.78, 5) is 4.64. The lowest BCUT2D eigenvalue weighted by atomic mass is 10.1. The summed E-state index contributed by atoms with van der Waals surface area (Å²) < 4.78 is 2.27. The lowest BCUT2D eigenvalue weighted by molar-refractivity contribution is 0.648. The minimum atomic E-state index is 0.00591.